The molecular formula is C15H13NO5. The van der Waals surface area contributed by atoms with Crippen LogP contribution >= 0.6 is 0 Å². The molecule has 0 atom stereocenters. The Balaban J connectivity index is 2.03. The minimum absolute atomic E-state index is 0.0285. The number of aliphatic carboxylic acids is 1. The van der Waals surface area contributed by atoms with Crippen LogP contribution in [0.25, 0.3) is 0 Å². The number of hydrogen-bond donors (Lipinski definition) is 2. The molecule has 0 fully saturated rings. The largest absolute Gasteiger partial charge is 0.487 e. The van der Waals surface area contributed by atoms with Gasteiger partial charge in [-0.15, -0.1) is 0 Å². The first-order chi connectivity index (χ1) is 10.1. The summed E-state index contributed by atoms with van der Waals surface area (Å²) in [6.45, 7) is 0.0285. The van der Waals surface area contributed by atoms with Gasteiger partial charge in [-0.05, 0) is 29.8 Å². The quantitative estimate of drug-likeness (QED) is 0.843. The maximum absolute atomic E-state index is 11.0. The molecule has 0 saturated carbocycles. The van der Waals surface area contributed by atoms with Crippen molar-refractivity contribution < 1.29 is 24.5 Å². The number of carbonyl (C=O) groups is 2. The second-order valence-corrected chi connectivity index (χ2v) is 4.31. The number of carboxylic acids is 2. The van der Waals surface area contributed by atoms with Gasteiger partial charge in [0.25, 0.3) is 0 Å². The van der Waals surface area contributed by atoms with Crippen LogP contribution in [0.1, 0.15) is 21.6 Å². The summed E-state index contributed by atoms with van der Waals surface area (Å²) in [6, 6.07) is 9.60. The molecule has 21 heavy (non-hydrogen) atoms. The number of hydrogen-bond acceptors (Lipinski definition) is 4. The van der Waals surface area contributed by atoms with E-state index in [4.69, 9.17) is 14.9 Å². The zero-order valence-electron chi connectivity index (χ0n) is 11.0. The van der Waals surface area contributed by atoms with Crippen molar-refractivity contribution in [1.82, 2.24) is 4.98 Å². The van der Waals surface area contributed by atoms with Crippen LogP contribution in [-0.4, -0.2) is 27.1 Å². The Morgan fingerprint density at radius 3 is 2.43 bits per heavy atom. The summed E-state index contributed by atoms with van der Waals surface area (Å²) in [5.41, 5.74) is 1.10. The molecule has 0 bridgehead atoms. The predicted molar refractivity (Wildman–Crippen MR) is 73.3 cm³/mol. The van der Waals surface area contributed by atoms with E-state index in [0.29, 0.717) is 17.0 Å². The molecule has 0 radical (unpaired) electrons. The van der Waals surface area contributed by atoms with E-state index in [-0.39, 0.29) is 18.6 Å². The Labute approximate surface area is 120 Å². The molecule has 0 saturated heterocycles. The summed E-state index contributed by atoms with van der Waals surface area (Å²) in [6.07, 6.45) is 1.45. The number of rotatable bonds is 6. The maximum Gasteiger partial charge on any atom is 0.337 e. The number of carboxylic acid groups (broad SMARTS) is 2. The van der Waals surface area contributed by atoms with Gasteiger partial charge in [-0.25, -0.2) is 4.79 Å². The first-order valence-corrected chi connectivity index (χ1v) is 6.17. The smallest absolute Gasteiger partial charge is 0.337 e. The number of aromatic carboxylic acids is 1. The average molecular weight is 287 g/mol. The van der Waals surface area contributed by atoms with Crippen LogP contribution in [0.3, 0.4) is 0 Å². The third-order valence-corrected chi connectivity index (χ3v) is 2.77. The van der Waals surface area contributed by atoms with Crippen LogP contribution < -0.4 is 4.74 Å². The van der Waals surface area contributed by atoms with Gasteiger partial charge >= 0.3 is 11.9 Å². The summed E-state index contributed by atoms with van der Waals surface area (Å²) in [5, 5.41) is 17.7. The van der Waals surface area contributed by atoms with E-state index in [9.17, 15) is 9.59 Å². The zero-order valence-corrected chi connectivity index (χ0v) is 11.0. The van der Waals surface area contributed by atoms with Crippen LogP contribution in [0.2, 0.25) is 0 Å². The molecule has 1 heterocycles. The monoisotopic (exact) mass is 287 g/mol. The highest BCUT2D eigenvalue weighted by Gasteiger charge is 2.11. The van der Waals surface area contributed by atoms with Gasteiger partial charge in [-0.2, -0.15) is 0 Å². The molecule has 6 heteroatoms. The highest BCUT2D eigenvalue weighted by Crippen LogP contribution is 2.15. The summed E-state index contributed by atoms with van der Waals surface area (Å²) in [4.78, 5) is 25.6. The average Bonchev–Trinajstić information content (AvgIpc) is 2.46. The summed E-state index contributed by atoms with van der Waals surface area (Å²) < 4.78 is 5.47. The van der Waals surface area contributed by atoms with Crippen LogP contribution in [0.15, 0.2) is 42.6 Å². The van der Waals surface area contributed by atoms with E-state index in [2.05, 4.69) is 4.98 Å². The second-order valence-electron chi connectivity index (χ2n) is 4.31. The highest BCUT2D eigenvalue weighted by molar-refractivity contribution is 5.88. The van der Waals surface area contributed by atoms with Crippen molar-refractivity contribution >= 4 is 11.9 Å². The third kappa shape index (κ3) is 4.04. The van der Waals surface area contributed by atoms with Crippen molar-refractivity contribution in [1.29, 1.82) is 0 Å². The maximum atomic E-state index is 11.0. The van der Waals surface area contributed by atoms with Crippen molar-refractivity contribution in [3.05, 3.63) is 59.4 Å². The van der Waals surface area contributed by atoms with Gasteiger partial charge in [0.05, 0.1) is 17.7 Å². The molecule has 2 aromatic rings. The van der Waals surface area contributed by atoms with Crippen LogP contribution in [-0.2, 0) is 17.8 Å². The topological polar surface area (TPSA) is 96.7 Å². The summed E-state index contributed by atoms with van der Waals surface area (Å²) in [5.74, 6) is -1.44. The van der Waals surface area contributed by atoms with E-state index in [1.807, 2.05) is 0 Å². The van der Waals surface area contributed by atoms with Crippen LogP contribution in [0.4, 0.5) is 0 Å². The van der Waals surface area contributed by atoms with Gasteiger partial charge in [0, 0.05) is 6.20 Å². The third-order valence-electron chi connectivity index (χ3n) is 2.77. The first-order valence-electron chi connectivity index (χ1n) is 6.17. The van der Waals surface area contributed by atoms with Crippen molar-refractivity contribution in [3.63, 3.8) is 0 Å². The molecule has 1 aromatic carbocycles. The standard InChI is InChI=1S/C15H13NO5/c17-14(18)8-10-3-5-11(6-4-10)21-9-13-12(15(19)20)2-1-7-16-13/h1-7H,8-9H2,(H,17,18)(H,19,20). The van der Waals surface area contributed by atoms with Crippen molar-refractivity contribution in [3.8, 4) is 5.75 Å². The Morgan fingerprint density at radius 1 is 1.10 bits per heavy atom. The molecule has 108 valence electrons. The summed E-state index contributed by atoms with van der Waals surface area (Å²) >= 11 is 0. The van der Waals surface area contributed by atoms with Gasteiger partial charge in [-0.1, -0.05) is 12.1 Å². The van der Waals surface area contributed by atoms with Gasteiger partial charge in [0.1, 0.15) is 12.4 Å². The second kappa shape index (κ2) is 6.51. The lowest BCUT2D eigenvalue weighted by atomic mass is 10.1. The number of ether oxygens (including phenoxy) is 1. The Hall–Kier alpha value is -2.89. The molecule has 6 nitrogen and oxygen atoms in total. The fourth-order valence-corrected chi connectivity index (χ4v) is 1.78. The molecule has 1 aromatic heterocycles. The minimum Gasteiger partial charge on any atom is -0.487 e. The Kier molecular flexibility index (Phi) is 4.50. The van der Waals surface area contributed by atoms with Gasteiger partial charge in [0.2, 0.25) is 0 Å². The number of nitrogens with zero attached hydrogens (tertiary/aromatic N) is 1. The lowest BCUT2D eigenvalue weighted by Gasteiger charge is -2.08. The zero-order chi connectivity index (χ0) is 15.2. The molecule has 0 aliphatic heterocycles. The van der Waals surface area contributed by atoms with E-state index < -0.39 is 11.9 Å². The fraction of sp³-hybridized carbons (Fsp3) is 0.133. The van der Waals surface area contributed by atoms with Crippen LogP contribution in [0, 0.1) is 0 Å². The van der Waals surface area contributed by atoms with Crippen molar-refractivity contribution in [2.45, 2.75) is 13.0 Å². The predicted octanol–water partition coefficient (Wildman–Crippen LogP) is 1.99. The number of aromatic nitrogens is 1. The normalized spacial score (nSPS) is 10.1. The number of pyridine rings is 1. The van der Waals surface area contributed by atoms with Crippen molar-refractivity contribution in [2.75, 3.05) is 0 Å². The molecule has 0 spiro atoms. The molecule has 0 amide bonds. The number of benzene rings is 1. The van der Waals surface area contributed by atoms with Gasteiger partial charge in [-0.3, -0.25) is 9.78 Å². The van der Waals surface area contributed by atoms with E-state index in [1.165, 1.54) is 12.3 Å². The van der Waals surface area contributed by atoms with Gasteiger partial charge in [0.15, 0.2) is 0 Å². The molecule has 2 rings (SSSR count). The Bertz CT molecular complexity index is 651. The molecule has 0 unspecified atom stereocenters. The SMILES string of the molecule is O=C(O)Cc1ccc(OCc2ncccc2C(=O)O)cc1. The molecular weight excluding hydrogens is 274 g/mol. The van der Waals surface area contributed by atoms with E-state index >= 15 is 0 Å². The highest BCUT2D eigenvalue weighted by atomic mass is 16.5. The first kappa shape index (κ1) is 14.5. The lowest BCUT2D eigenvalue weighted by Crippen LogP contribution is -2.07. The molecule has 0 aliphatic carbocycles. The molecule has 2 N–H and O–H groups in total. The van der Waals surface area contributed by atoms with Crippen molar-refractivity contribution in [2.24, 2.45) is 0 Å². The summed E-state index contributed by atoms with van der Waals surface area (Å²) in [7, 11) is 0. The van der Waals surface area contributed by atoms with Crippen LogP contribution in [0.5, 0.6) is 5.75 Å². The van der Waals surface area contributed by atoms with E-state index in [1.54, 1.807) is 30.3 Å². The lowest BCUT2D eigenvalue weighted by molar-refractivity contribution is -0.136. The molecule has 0 aliphatic rings. The van der Waals surface area contributed by atoms with Gasteiger partial charge < -0.3 is 14.9 Å². The minimum atomic E-state index is -1.06. The van der Waals surface area contributed by atoms with E-state index in [0.717, 1.165) is 0 Å². The fourth-order valence-electron chi connectivity index (χ4n) is 1.78. The Morgan fingerprint density at radius 2 is 1.81 bits per heavy atom.